The average molecular weight is 417 g/mol. The number of aliphatic imine (C=N–C) groups is 1. The maximum absolute atomic E-state index is 5.99. The lowest BCUT2D eigenvalue weighted by molar-refractivity contribution is 0.414. The summed E-state index contributed by atoms with van der Waals surface area (Å²) in [5.74, 6) is 1.48. The summed E-state index contributed by atoms with van der Waals surface area (Å²) in [5, 5.41) is 3.37. The average Bonchev–Trinajstić information content (AvgIpc) is 2.76. The van der Waals surface area contributed by atoms with E-state index < -0.39 is 0 Å². The molecule has 1 aliphatic carbocycles. The summed E-state index contributed by atoms with van der Waals surface area (Å²) in [6.45, 7) is 0.707. The van der Waals surface area contributed by atoms with E-state index in [1.54, 1.807) is 7.11 Å². The minimum absolute atomic E-state index is 0. The van der Waals surface area contributed by atoms with Crippen molar-refractivity contribution in [2.45, 2.75) is 51.0 Å². The first-order valence-corrected chi connectivity index (χ1v) is 7.97. The van der Waals surface area contributed by atoms with E-state index in [1.165, 1.54) is 44.1 Å². The summed E-state index contributed by atoms with van der Waals surface area (Å²) in [6, 6.07) is 8.60. The highest BCUT2D eigenvalue weighted by Gasteiger charge is 2.12. The molecule has 1 saturated carbocycles. The zero-order chi connectivity index (χ0) is 14.9. The first kappa shape index (κ1) is 19.1. The molecule has 1 aromatic rings. The fraction of sp³-hybridized carbons (Fsp3) is 0.588. The van der Waals surface area contributed by atoms with E-state index in [1.807, 2.05) is 18.2 Å². The topological polar surface area (TPSA) is 59.6 Å². The number of nitrogens with one attached hydrogen (secondary N) is 1. The first-order chi connectivity index (χ1) is 10.3. The van der Waals surface area contributed by atoms with E-state index in [0.717, 1.165) is 12.2 Å². The van der Waals surface area contributed by atoms with Crippen LogP contribution in [0, 0.1) is 0 Å². The lowest BCUT2D eigenvalue weighted by Gasteiger charge is -2.16. The highest BCUT2D eigenvalue weighted by molar-refractivity contribution is 14.0. The van der Waals surface area contributed by atoms with E-state index in [0.29, 0.717) is 18.5 Å². The number of ether oxygens (including phenoxy) is 1. The fourth-order valence-electron chi connectivity index (χ4n) is 2.81. The summed E-state index contributed by atoms with van der Waals surface area (Å²) in [7, 11) is 1.69. The van der Waals surface area contributed by atoms with E-state index in [2.05, 4.69) is 16.4 Å². The predicted octanol–water partition coefficient (Wildman–Crippen LogP) is 3.48. The Labute approximate surface area is 150 Å². The van der Waals surface area contributed by atoms with Gasteiger partial charge in [0.1, 0.15) is 5.75 Å². The fourth-order valence-corrected chi connectivity index (χ4v) is 2.81. The van der Waals surface area contributed by atoms with Crippen LogP contribution >= 0.6 is 24.0 Å². The van der Waals surface area contributed by atoms with Gasteiger partial charge in [0.15, 0.2) is 5.96 Å². The third kappa shape index (κ3) is 6.85. The van der Waals surface area contributed by atoms with Crippen molar-refractivity contribution in [3.8, 4) is 5.75 Å². The molecule has 5 heteroatoms. The number of nitrogens with zero attached hydrogens (tertiary/aromatic N) is 1. The van der Waals surface area contributed by atoms with Crippen LogP contribution in [0.4, 0.5) is 0 Å². The van der Waals surface area contributed by atoms with Gasteiger partial charge in [-0.1, -0.05) is 37.8 Å². The zero-order valence-electron chi connectivity index (χ0n) is 13.4. The lowest BCUT2D eigenvalue weighted by atomic mass is 10.1. The molecular weight excluding hydrogens is 389 g/mol. The van der Waals surface area contributed by atoms with Crippen LogP contribution in [-0.4, -0.2) is 25.7 Å². The van der Waals surface area contributed by atoms with Gasteiger partial charge in [0.25, 0.3) is 0 Å². The van der Waals surface area contributed by atoms with Crippen molar-refractivity contribution in [1.29, 1.82) is 0 Å². The van der Waals surface area contributed by atoms with Gasteiger partial charge in [0.2, 0.25) is 0 Å². The quantitative estimate of drug-likeness (QED) is 0.334. The van der Waals surface area contributed by atoms with Crippen LogP contribution in [0.25, 0.3) is 0 Å². The Kier molecular flexibility index (Phi) is 9.27. The number of guanidine groups is 1. The molecule has 0 saturated heterocycles. The summed E-state index contributed by atoms with van der Waals surface area (Å²) in [6.07, 6.45) is 8.61. The SMILES string of the molecule is COc1cccc(CCN=C(N)NC2CCCCCC2)c1.I. The second kappa shape index (κ2) is 10.7. The van der Waals surface area contributed by atoms with E-state index in [-0.39, 0.29) is 24.0 Å². The van der Waals surface area contributed by atoms with Crippen LogP contribution in [-0.2, 0) is 6.42 Å². The third-order valence-corrected chi connectivity index (χ3v) is 4.02. The van der Waals surface area contributed by atoms with Gasteiger partial charge >= 0.3 is 0 Å². The number of methoxy groups -OCH3 is 1. The van der Waals surface area contributed by atoms with Crippen LogP contribution in [0.15, 0.2) is 29.3 Å². The van der Waals surface area contributed by atoms with Gasteiger partial charge in [-0.05, 0) is 37.0 Å². The van der Waals surface area contributed by atoms with Crippen molar-refractivity contribution in [1.82, 2.24) is 5.32 Å². The Bertz CT molecular complexity index is 457. The molecule has 2 rings (SSSR count). The molecule has 22 heavy (non-hydrogen) atoms. The summed E-state index contributed by atoms with van der Waals surface area (Å²) >= 11 is 0. The summed E-state index contributed by atoms with van der Waals surface area (Å²) in [4.78, 5) is 4.44. The van der Waals surface area contributed by atoms with Crippen LogP contribution in [0.5, 0.6) is 5.75 Å². The largest absolute Gasteiger partial charge is 0.497 e. The molecule has 0 spiro atoms. The lowest BCUT2D eigenvalue weighted by Crippen LogP contribution is -2.40. The molecule has 0 heterocycles. The van der Waals surface area contributed by atoms with E-state index >= 15 is 0 Å². The highest BCUT2D eigenvalue weighted by Crippen LogP contribution is 2.17. The molecule has 4 nitrogen and oxygen atoms in total. The van der Waals surface area contributed by atoms with Crippen LogP contribution in [0.3, 0.4) is 0 Å². The molecule has 0 aromatic heterocycles. The van der Waals surface area contributed by atoms with Crippen molar-refractivity contribution in [3.05, 3.63) is 29.8 Å². The highest BCUT2D eigenvalue weighted by atomic mass is 127. The van der Waals surface area contributed by atoms with Crippen molar-refractivity contribution in [2.75, 3.05) is 13.7 Å². The van der Waals surface area contributed by atoms with Gasteiger partial charge in [0.05, 0.1) is 7.11 Å². The van der Waals surface area contributed by atoms with Crippen LogP contribution in [0.2, 0.25) is 0 Å². The van der Waals surface area contributed by atoms with Crippen LogP contribution < -0.4 is 15.8 Å². The van der Waals surface area contributed by atoms with Gasteiger partial charge < -0.3 is 15.8 Å². The molecule has 3 N–H and O–H groups in total. The molecule has 0 radical (unpaired) electrons. The maximum atomic E-state index is 5.99. The van der Waals surface area contributed by atoms with Gasteiger partial charge in [-0.2, -0.15) is 0 Å². The van der Waals surface area contributed by atoms with Gasteiger partial charge in [-0.15, -0.1) is 24.0 Å². The van der Waals surface area contributed by atoms with Crippen molar-refractivity contribution >= 4 is 29.9 Å². The Balaban J connectivity index is 0.00000242. The first-order valence-electron chi connectivity index (χ1n) is 7.97. The molecule has 0 amide bonds. The molecule has 1 aliphatic rings. The molecule has 1 fully saturated rings. The van der Waals surface area contributed by atoms with Crippen LogP contribution in [0.1, 0.15) is 44.1 Å². The standard InChI is InChI=1S/C17H27N3O.HI/c1-21-16-10-6-7-14(13-16)11-12-19-17(18)20-15-8-4-2-3-5-9-15;/h6-7,10,13,15H,2-5,8-9,11-12H2,1H3,(H3,18,19,20);1H. The number of hydrogen-bond donors (Lipinski definition) is 2. The number of rotatable bonds is 5. The van der Waals surface area contributed by atoms with Gasteiger partial charge in [0, 0.05) is 12.6 Å². The summed E-state index contributed by atoms with van der Waals surface area (Å²) in [5.41, 5.74) is 7.21. The Morgan fingerprint density at radius 1 is 1.27 bits per heavy atom. The normalized spacial score (nSPS) is 16.5. The van der Waals surface area contributed by atoms with Crippen molar-refractivity contribution in [3.63, 3.8) is 0 Å². The maximum Gasteiger partial charge on any atom is 0.188 e. The number of halogens is 1. The van der Waals surface area contributed by atoms with Gasteiger partial charge in [-0.25, -0.2) is 0 Å². The molecule has 0 bridgehead atoms. The van der Waals surface area contributed by atoms with E-state index in [9.17, 15) is 0 Å². The Morgan fingerprint density at radius 3 is 2.68 bits per heavy atom. The number of benzene rings is 1. The molecular formula is C17H28IN3O. The Hall–Kier alpha value is -0.980. The third-order valence-electron chi connectivity index (χ3n) is 4.02. The summed E-state index contributed by atoms with van der Waals surface area (Å²) < 4.78 is 5.22. The molecule has 1 aromatic carbocycles. The second-order valence-corrected chi connectivity index (χ2v) is 5.70. The predicted molar refractivity (Wildman–Crippen MR) is 103 cm³/mol. The smallest absolute Gasteiger partial charge is 0.188 e. The molecule has 0 atom stereocenters. The number of hydrogen-bond acceptors (Lipinski definition) is 2. The van der Waals surface area contributed by atoms with E-state index in [4.69, 9.17) is 10.5 Å². The molecule has 124 valence electrons. The minimum Gasteiger partial charge on any atom is -0.497 e. The molecule has 0 aliphatic heterocycles. The molecule has 0 unspecified atom stereocenters. The van der Waals surface area contributed by atoms with Crippen molar-refractivity contribution < 1.29 is 4.74 Å². The minimum atomic E-state index is 0. The zero-order valence-corrected chi connectivity index (χ0v) is 15.7. The van der Waals surface area contributed by atoms with Gasteiger partial charge in [-0.3, -0.25) is 4.99 Å². The monoisotopic (exact) mass is 417 g/mol. The van der Waals surface area contributed by atoms with Crippen molar-refractivity contribution in [2.24, 2.45) is 10.7 Å². The second-order valence-electron chi connectivity index (χ2n) is 5.70. The number of nitrogens with two attached hydrogens (primary N) is 1. The Morgan fingerprint density at radius 2 is 2.00 bits per heavy atom.